The third kappa shape index (κ3) is 4.67. The zero-order valence-electron chi connectivity index (χ0n) is 17.8. The van der Waals surface area contributed by atoms with Gasteiger partial charge in [0.1, 0.15) is 5.58 Å². The van der Waals surface area contributed by atoms with Gasteiger partial charge in [-0.05, 0) is 49.9 Å². The van der Waals surface area contributed by atoms with Crippen LogP contribution in [-0.2, 0) is 16.4 Å². The minimum absolute atomic E-state index is 0.242. The van der Waals surface area contributed by atoms with Crippen LogP contribution in [0.5, 0.6) is 0 Å². The third-order valence-electron chi connectivity index (χ3n) is 5.88. The second-order valence-corrected chi connectivity index (χ2v) is 9.96. The number of hydrogen-bond donors (Lipinski definition) is 1. The number of rotatable bonds is 6. The maximum absolute atomic E-state index is 12.9. The van der Waals surface area contributed by atoms with Gasteiger partial charge in [-0.15, -0.1) is 0 Å². The van der Waals surface area contributed by atoms with E-state index in [4.69, 9.17) is 4.42 Å². The highest BCUT2D eigenvalue weighted by Crippen LogP contribution is 2.25. The minimum atomic E-state index is -3.44. The van der Waals surface area contributed by atoms with Crippen LogP contribution in [0, 0.1) is 6.92 Å². The summed E-state index contributed by atoms with van der Waals surface area (Å²) in [5.41, 5.74) is 2.50. The molecule has 1 fully saturated rings. The molecule has 1 N–H and O–H groups in total. The van der Waals surface area contributed by atoms with Crippen molar-refractivity contribution in [3.8, 4) is 0 Å². The highest BCUT2D eigenvalue weighted by Gasteiger charge is 2.25. The van der Waals surface area contributed by atoms with E-state index < -0.39 is 10.0 Å². The lowest BCUT2D eigenvalue weighted by molar-refractivity contribution is 0.0927. The zero-order chi connectivity index (χ0) is 21.8. The molecule has 3 aromatic rings. The summed E-state index contributed by atoms with van der Waals surface area (Å²) < 4.78 is 33.1. The SMILES string of the molecule is Cc1c(C(=O)NCCc2ccc(S(=O)(=O)N3CCCCCC3)cc2)oc2ccccc12. The average Bonchev–Trinajstić information content (AvgIpc) is 2.95. The molecule has 0 radical (unpaired) electrons. The lowest BCUT2D eigenvalue weighted by Crippen LogP contribution is -2.31. The number of furan rings is 1. The number of nitrogens with one attached hydrogen (secondary N) is 1. The van der Waals surface area contributed by atoms with Crippen molar-refractivity contribution < 1.29 is 17.6 Å². The molecular weight excluding hydrogens is 412 g/mol. The number of fused-ring (bicyclic) bond motifs is 1. The Hall–Kier alpha value is -2.64. The Morgan fingerprint density at radius 3 is 2.35 bits per heavy atom. The van der Waals surface area contributed by atoms with Crippen LogP contribution in [-0.4, -0.2) is 38.3 Å². The van der Waals surface area contributed by atoms with E-state index in [1.165, 1.54) is 0 Å². The number of hydrogen-bond acceptors (Lipinski definition) is 4. The molecule has 164 valence electrons. The summed E-state index contributed by atoms with van der Waals surface area (Å²) in [4.78, 5) is 12.9. The van der Waals surface area contributed by atoms with Crippen LogP contribution in [0.15, 0.2) is 57.8 Å². The van der Waals surface area contributed by atoms with Crippen LogP contribution in [0.1, 0.15) is 47.4 Å². The van der Waals surface area contributed by atoms with Crippen LogP contribution < -0.4 is 5.32 Å². The number of carbonyl (C=O) groups excluding carboxylic acids is 1. The molecule has 0 saturated carbocycles. The molecule has 1 aliphatic heterocycles. The summed E-state index contributed by atoms with van der Waals surface area (Å²) in [6.07, 6.45) is 4.62. The Morgan fingerprint density at radius 2 is 1.68 bits per heavy atom. The molecule has 1 aromatic heterocycles. The third-order valence-corrected chi connectivity index (χ3v) is 7.79. The number of sulfonamides is 1. The van der Waals surface area contributed by atoms with Crippen LogP contribution in [0.2, 0.25) is 0 Å². The summed E-state index contributed by atoms with van der Waals surface area (Å²) >= 11 is 0. The quantitative estimate of drug-likeness (QED) is 0.621. The first-order valence-electron chi connectivity index (χ1n) is 10.8. The molecule has 0 aliphatic carbocycles. The van der Waals surface area contributed by atoms with Crippen LogP contribution in [0.25, 0.3) is 11.0 Å². The Kier molecular flexibility index (Phi) is 6.43. The first-order valence-corrected chi connectivity index (χ1v) is 12.3. The van der Waals surface area contributed by atoms with E-state index in [0.29, 0.717) is 42.3 Å². The van der Waals surface area contributed by atoms with Crippen LogP contribution in [0.4, 0.5) is 0 Å². The van der Waals surface area contributed by atoms with Gasteiger partial charge in [0.25, 0.3) is 5.91 Å². The maximum Gasteiger partial charge on any atom is 0.287 e. The lowest BCUT2D eigenvalue weighted by atomic mass is 10.1. The van der Waals surface area contributed by atoms with Gasteiger partial charge < -0.3 is 9.73 Å². The summed E-state index contributed by atoms with van der Waals surface area (Å²) in [5, 5.41) is 3.83. The maximum atomic E-state index is 12.9. The Bertz CT molecular complexity index is 1160. The van der Waals surface area contributed by atoms with Gasteiger partial charge in [-0.3, -0.25) is 4.79 Å². The summed E-state index contributed by atoms with van der Waals surface area (Å²) in [5.74, 6) is 0.0918. The number of amides is 1. The smallest absolute Gasteiger partial charge is 0.287 e. The molecule has 31 heavy (non-hydrogen) atoms. The highest BCUT2D eigenvalue weighted by atomic mass is 32.2. The topological polar surface area (TPSA) is 79.6 Å². The first kappa shape index (κ1) is 21.6. The zero-order valence-corrected chi connectivity index (χ0v) is 18.6. The summed E-state index contributed by atoms with van der Waals surface area (Å²) in [7, 11) is -3.44. The number of aryl methyl sites for hydroxylation is 1. The van der Waals surface area contributed by atoms with E-state index in [1.807, 2.05) is 43.3 Å². The van der Waals surface area contributed by atoms with E-state index in [0.717, 1.165) is 42.2 Å². The molecule has 0 atom stereocenters. The van der Waals surface area contributed by atoms with Crippen molar-refractivity contribution >= 4 is 26.9 Å². The van der Waals surface area contributed by atoms with Crippen molar-refractivity contribution in [1.82, 2.24) is 9.62 Å². The molecule has 1 aliphatic rings. The van der Waals surface area contributed by atoms with Gasteiger partial charge in [0.15, 0.2) is 5.76 Å². The number of benzene rings is 2. The van der Waals surface area contributed by atoms with E-state index in [-0.39, 0.29) is 5.91 Å². The van der Waals surface area contributed by atoms with Gasteiger partial charge in [-0.2, -0.15) is 4.31 Å². The van der Waals surface area contributed by atoms with E-state index >= 15 is 0 Å². The lowest BCUT2D eigenvalue weighted by Gasteiger charge is -2.20. The highest BCUT2D eigenvalue weighted by molar-refractivity contribution is 7.89. The summed E-state index contributed by atoms with van der Waals surface area (Å²) in [6, 6.07) is 14.6. The monoisotopic (exact) mass is 440 g/mol. The van der Waals surface area contributed by atoms with Gasteiger partial charge in [-0.25, -0.2) is 8.42 Å². The second kappa shape index (κ2) is 9.24. The Labute approximate surface area is 183 Å². The normalized spacial score (nSPS) is 15.6. The molecule has 2 aromatic carbocycles. The van der Waals surface area contributed by atoms with Gasteiger partial charge in [0.05, 0.1) is 4.90 Å². The molecule has 2 heterocycles. The summed E-state index contributed by atoms with van der Waals surface area (Å²) in [6.45, 7) is 3.51. The molecule has 1 saturated heterocycles. The molecule has 1 amide bonds. The number of carbonyl (C=O) groups is 1. The Balaban J connectivity index is 1.36. The standard InChI is InChI=1S/C24H28N2O4S/c1-18-21-8-4-5-9-22(21)30-23(18)24(27)25-15-14-19-10-12-20(13-11-19)31(28,29)26-16-6-2-3-7-17-26/h4-5,8-13H,2-3,6-7,14-17H2,1H3,(H,25,27). The van der Waals surface area contributed by atoms with Gasteiger partial charge >= 0.3 is 0 Å². The van der Waals surface area contributed by atoms with E-state index in [1.54, 1.807) is 16.4 Å². The molecule has 0 unspecified atom stereocenters. The van der Waals surface area contributed by atoms with Crippen LogP contribution in [0.3, 0.4) is 0 Å². The molecule has 7 heteroatoms. The molecule has 6 nitrogen and oxygen atoms in total. The van der Waals surface area contributed by atoms with Crippen molar-refractivity contribution in [3.63, 3.8) is 0 Å². The second-order valence-electron chi connectivity index (χ2n) is 8.02. The molecule has 4 rings (SSSR count). The molecule has 0 bridgehead atoms. The van der Waals surface area contributed by atoms with Crippen molar-refractivity contribution in [1.29, 1.82) is 0 Å². The predicted octanol–water partition coefficient (Wildman–Crippen LogP) is 4.28. The van der Waals surface area contributed by atoms with E-state index in [9.17, 15) is 13.2 Å². The van der Waals surface area contributed by atoms with Crippen LogP contribution >= 0.6 is 0 Å². The predicted molar refractivity (Wildman–Crippen MR) is 121 cm³/mol. The van der Waals surface area contributed by atoms with Crippen molar-refractivity contribution in [3.05, 3.63) is 65.4 Å². The van der Waals surface area contributed by atoms with Gasteiger partial charge in [0, 0.05) is 30.6 Å². The van der Waals surface area contributed by atoms with Gasteiger partial charge in [-0.1, -0.05) is 43.2 Å². The average molecular weight is 441 g/mol. The first-order chi connectivity index (χ1) is 15.0. The van der Waals surface area contributed by atoms with E-state index in [2.05, 4.69) is 5.32 Å². The van der Waals surface area contributed by atoms with Crippen molar-refractivity contribution in [2.24, 2.45) is 0 Å². The fourth-order valence-corrected chi connectivity index (χ4v) is 5.57. The van der Waals surface area contributed by atoms with Crippen molar-refractivity contribution in [2.75, 3.05) is 19.6 Å². The van der Waals surface area contributed by atoms with Crippen molar-refractivity contribution in [2.45, 2.75) is 43.9 Å². The molecular formula is C24H28N2O4S. The van der Waals surface area contributed by atoms with Gasteiger partial charge in [0.2, 0.25) is 10.0 Å². The molecule has 0 spiro atoms. The number of nitrogens with zero attached hydrogens (tertiary/aromatic N) is 1. The fraction of sp³-hybridized carbons (Fsp3) is 0.375. The largest absolute Gasteiger partial charge is 0.451 e. The minimum Gasteiger partial charge on any atom is -0.451 e. The Morgan fingerprint density at radius 1 is 1.00 bits per heavy atom. The number of para-hydroxylation sites is 1. The fourth-order valence-electron chi connectivity index (χ4n) is 4.05.